The Morgan fingerprint density at radius 1 is 1.19 bits per heavy atom. The molecule has 1 heterocycles. The molecule has 1 saturated heterocycles. The van der Waals surface area contributed by atoms with Crippen LogP contribution in [0.25, 0.3) is 0 Å². The van der Waals surface area contributed by atoms with Crippen molar-refractivity contribution in [1.82, 2.24) is 10.2 Å². The summed E-state index contributed by atoms with van der Waals surface area (Å²) in [4.78, 5) is 27.0. The largest absolute Gasteiger partial charge is 0.416 e. The fraction of sp³-hybridized carbons (Fsp3) is 0.667. The highest BCUT2D eigenvalue weighted by molar-refractivity contribution is 5.81. The number of carbonyl (C=O) groups excluding carboxylic acids is 1. The zero-order chi connectivity index (χ0) is 22.8. The SMILES string of the molecule is CC1CCCCC1NC(=O)C(C)N1CCN(c2ccc(C(F)(F)F)cc2[N+](=O)[O-])CC1. The molecule has 3 unspecified atom stereocenters. The Morgan fingerprint density at radius 3 is 2.42 bits per heavy atom. The number of amides is 1. The first-order chi connectivity index (χ1) is 14.6. The predicted octanol–water partition coefficient (Wildman–Crippen LogP) is 3.82. The maximum Gasteiger partial charge on any atom is 0.416 e. The normalized spacial score (nSPS) is 24.0. The van der Waals surface area contributed by atoms with Gasteiger partial charge in [-0.05, 0) is 37.8 Å². The van der Waals surface area contributed by atoms with Gasteiger partial charge in [0.25, 0.3) is 5.69 Å². The molecule has 10 heteroatoms. The highest BCUT2D eigenvalue weighted by Crippen LogP contribution is 2.36. The molecule has 3 rings (SSSR count). The molecule has 31 heavy (non-hydrogen) atoms. The summed E-state index contributed by atoms with van der Waals surface area (Å²) in [6.45, 7) is 5.77. The molecule has 172 valence electrons. The number of alkyl halides is 3. The van der Waals surface area contributed by atoms with Crippen LogP contribution in [0.5, 0.6) is 0 Å². The van der Waals surface area contributed by atoms with E-state index in [1.165, 1.54) is 6.42 Å². The number of nitro benzene ring substituents is 1. The van der Waals surface area contributed by atoms with Gasteiger partial charge in [0, 0.05) is 38.3 Å². The number of halogens is 3. The fourth-order valence-electron chi connectivity index (χ4n) is 4.46. The van der Waals surface area contributed by atoms with Gasteiger partial charge in [-0.2, -0.15) is 13.2 Å². The van der Waals surface area contributed by atoms with Gasteiger partial charge in [0.05, 0.1) is 16.5 Å². The third-order valence-electron chi connectivity index (χ3n) is 6.52. The van der Waals surface area contributed by atoms with Crippen molar-refractivity contribution in [3.63, 3.8) is 0 Å². The second-order valence-corrected chi connectivity index (χ2v) is 8.53. The molecular formula is C21H29F3N4O3. The van der Waals surface area contributed by atoms with E-state index in [1.54, 1.807) is 4.90 Å². The summed E-state index contributed by atoms with van der Waals surface area (Å²) in [7, 11) is 0. The van der Waals surface area contributed by atoms with E-state index in [0.29, 0.717) is 38.2 Å². The highest BCUT2D eigenvalue weighted by Gasteiger charge is 2.35. The van der Waals surface area contributed by atoms with Gasteiger partial charge in [-0.3, -0.25) is 19.8 Å². The van der Waals surface area contributed by atoms with Crippen LogP contribution < -0.4 is 10.2 Å². The molecule has 0 aromatic heterocycles. The van der Waals surface area contributed by atoms with Gasteiger partial charge in [0.2, 0.25) is 5.91 Å². The Hall–Kier alpha value is -2.36. The van der Waals surface area contributed by atoms with Gasteiger partial charge >= 0.3 is 6.18 Å². The maximum atomic E-state index is 12.9. The van der Waals surface area contributed by atoms with E-state index < -0.39 is 22.4 Å². The van der Waals surface area contributed by atoms with E-state index in [2.05, 4.69) is 12.2 Å². The molecule has 2 aliphatic rings. The molecule has 1 N–H and O–H groups in total. The molecule has 1 saturated carbocycles. The van der Waals surface area contributed by atoms with Crippen LogP contribution in [0.15, 0.2) is 18.2 Å². The van der Waals surface area contributed by atoms with Gasteiger partial charge in [-0.15, -0.1) is 0 Å². The Kier molecular flexibility index (Phi) is 7.08. The van der Waals surface area contributed by atoms with Crippen LogP contribution in [0.1, 0.15) is 45.1 Å². The summed E-state index contributed by atoms with van der Waals surface area (Å²) in [5.41, 5.74) is -1.42. The smallest absolute Gasteiger partial charge is 0.363 e. The van der Waals surface area contributed by atoms with E-state index in [-0.39, 0.29) is 23.7 Å². The fourth-order valence-corrected chi connectivity index (χ4v) is 4.46. The summed E-state index contributed by atoms with van der Waals surface area (Å²) in [5, 5.41) is 14.5. The zero-order valence-corrected chi connectivity index (χ0v) is 17.8. The van der Waals surface area contributed by atoms with Crippen molar-refractivity contribution in [3.05, 3.63) is 33.9 Å². The monoisotopic (exact) mass is 442 g/mol. The standard InChI is InChI=1S/C21H29F3N4O3/c1-14-5-3-4-6-17(14)25-20(29)15(2)26-9-11-27(12-10-26)18-8-7-16(21(22,23)24)13-19(18)28(30)31/h7-8,13-15,17H,3-6,9-12H2,1-2H3,(H,25,29). The Labute approximate surface area is 179 Å². The number of nitrogens with one attached hydrogen (secondary N) is 1. The van der Waals surface area contributed by atoms with Crippen LogP contribution in [-0.4, -0.2) is 54.0 Å². The van der Waals surface area contributed by atoms with E-state index in [1.807, 2.05) is 11.8 Å². The van der Waals surface area contributed by atoms with Crippen LogP contribution >= 0.6 is 0 Å². The molecular weight excluding hydrogens is 413 g/mol. The first-order valence-electron chi connectivity index (χ1n) is 10.7. The van der Waals surface area contributed by atoms with Crippen molar-refractivity contribution in [2.75, 3.05) is 31.1 Å². The Morgan fingerprint density at radius 2 is 1.84 bits per heavy atom. The predicted molar refractivity (Wildman–Crippen MR) is 111 cm³/mol. The summed E-state index contributed by atoms with van der Waals surface area (Å²) in [6.07, 6.45) is -0.217. The molecule has 3 atom stereocenters. The molecule has 1 amide bonds. The quantitative estimate of drug-likeness (QED) is 0.554. The first kappa shape index (κ1) is 23.3. The van der Waals surface area contributed by atoms with Crippen molar-refractivity contribution < 1.29 is 22.9 Å². The lowest BCUT2D eigenvalue weighted by Crippen LogP contribution is -2.55. The highest BCUT2D eigenvalue weighted by atomic mass is 19.4. The lowest BCUT2D eigenvalue weighted by atomic mass is 9.86. The number of nitrogens with zero attached hydrogens (tertiary/aromatic N) is 3. The molecule has 1 aliphatic carbocycles. The summed E-state index contributed by atoms with van der Waals surface area (Å²) >= 11 is 0. The summed E-state index contributed by atoms with van der Waals surface area (Å²) < 4.78 is 38.8. The van der Waals surface area contributed by atoms with Crippen molar-refractivity contribution >= 4 is 17.3 Å². The molecule has 7 nitrogen and oxygen atoms in total. The zero-order valence-electron chi connectivity index (χ0n) is 17.8. The van der Waals surface area contributed by atoms with Crippen molar-refractivity contribution in [2.45, 2.75) is 57.8 Å². The van der Waals surface area contributed by atoms with E-state index in [4.69, 9.17) is 0 Å². The third-order valence-corrected chi connectivity index (χ3v) is 6.52. The van der Waals surface area contributed by atoms with Crippen molar-refractivity contribution in [1.29, 1.82) is 0 Å². The first-order valence-corrected chi connectivity index (χ1v) is 10.7. The van der Waals surface area contributed by atoms with Gasteiger partial charge in [-0.25, -0.2) is 0 Å². The summed E-state index contributed by atoms with van der Waals surface area (Å²) in [5.74, 6) is 0.440. The van der Waals surface area contributed by atoms with Crippen LogP contribution in [0.2, 0.25) is 0 Å². The van der Waals surface area contributed by atoms with E-state index >= 15 is 0 Å². The van der Waals surface area contributed by atoms with Gasteiger partial charge < -0.3 is 10.2 Å². The number of hydrogen-bond donors (Lipinski definition) is 1. The molecule has 1 aliphatic heterocycles. The van der Waals surface area contributed by atoms with E-state index in [9.17, 15) is 28.1 Å². The van der Waals surface area contributed by atoms with Crippen molar-refractivity contribution in [3.8, 4) is 0 Å². The lowest BCUT2D eigenvalue weighted by molar-refractivity contribution is -0.384. The molecule has 1 aromatic carbocycles. The van der Waals surface area contributed by atoms with Crippen LogP contribution in [0.4, 0.5) is 24.5 Å². The topological polar surface area (TPSA) is 78.7 Å². The Bertz CT molecular complexity index is 810. The number of carbonyl (C=O) groups is 1. The van der Waals surface area contributed by atoms with E-state index in [0.717, 1.165) is 31.4 Å². The summed E-state index contributed by atoms with van der Waals surface area (Å²) in [6, 6.07) is 2.48. The second-order valence-electron chi connectivity index (χ2n) is 8.53. The van der Waals surface area contributed by atoms with Crippen LogP contribution in [0, 0.1) is 16.0 Å². The maximum absolute atomic E-state index is 12.9. The molecule has 0 radical (unpaired) electrons. The Balaban J connectivity index is 1.62. The van der Waals surface area contributed by atoms with Crippen LogP contribution in [-0.2, 0) is 11.0 Å². The molecule has 0 spiro atoms. The third kappa shape index (κ3) is 5.47. The number of piperazine rings is 1. The van der Waals surface area contributed by atoms with Gasteiger partial charge in [0.1, 0.15) is 5.69 Å². The minimum atomic E-state index is -4.64. The number of benzene rings is 1. The number of hydrogen-bond acceptors (Lipinski definition) is 5. The molecule has 0 bridgehead atoms. The molecule has 1 aromatic rings. The average molecular weight is 442 g/mol. The van der Waals surface area contributed by atoms with Crippen LogP contribution in [0.3, 0.4) is 0 Å². The minimum absolute atomic E-state index is 0.0206. The number of nitro groups is 1. The number of rotatable bonds is 5. The second kappa shape index (κ2) is 9.42. The number of anilines is 1. The van der Waals surface area contributed by atoms with Crippen molar-refractivity contribution in [2.24, 2.45) is 5.92 Å². The van der Waals surface area contributed by atoms with Gasteiger partial charge in [0.15, 0.2) is 0 Å². The minimum Gasteiger partial charge on any atom is -0.363 e. The van der Waals surface area contributed by atoms with Gasteiger partial charge in [-0.1, -0.05) is 19.8 Å². The lowest BCUT2D eigenvalue weighted by Gasteiger charge is -2.39. The average Bonchev–Trinajstić information content (AvgIpc) is 2.73. The molecule has 2 fully saturated rings.